The lowest BCUT2D eigenvalue weighted by Gasteiger charge is -2.07. The van der Waals surface area contributed by atoms with Crippen LogP contribution in [0.1, 0.15) is 10.4 Å². The molecule has 0 aromatic heterocycles. The molecule has 6 heteroatoms. The van der Waals surface area contributed by atoms with Gasteiger partial charge in [-0.15, -0.1) is 0 Å². The van der Waals surface area contributed by atoms with E-state index in [-0.39, 0.29) is 13.2 Å². The van der Waals surface area contributed by atoms with Gasteiger partial charge in [-0.25, -0.2) is 5.48 Å². The van der Waals surface area contributed by atoms with E-state index in [9.17, 15) is 4.79 Å². The molecular formula is C10H12BrNO4. The fraction of sp³-hybridized carbons (Fsp3) is 0.300. The SMILES string of the molecule is COc1ccc(Br)c(C(=O)NOCCO)c1. The van der Waals surface area contributed by atoms with Gasteiger partial charge in [0, 0.05) is 4.47 Å². The van der Waals surface area contributed by atoms with Gasteiger partial charge in [-0.1, -0.05) is 0 Å². The van der Waals surface area contributed by atoms with Crippen molar-refractivity contribution in [3.05, 3.63) is 28.2 Å². The fourth-order valence-electron chi connectivity index (χ4n) is 1.02. The van der Waals surface area contributed by atoms with Gasteiger partial charge >= 0.3 is 0 Å². The Kier molecular flexibility index (Phi) is 5.24. The van der Waals surface area contributed by atoms with E-state index in [2.05, 4.69) is 21.4 Å². The van der Waals surface area contributed by atoms with E-state index >= 15 is 0 Å². The van der Waals surface area contributed by atoms with Crippen LogP contribution in [0.4, 0.5) is 0 Å². The Bertz CT molecular complexity index is 370. The monoisotopic (exact) mass is 289 g/mol. The molecule has 0 fully saturated rings. The number of methoxy groups -OCH3 is 1. The number of aliphatic hydroxyl groups is 1. The molecule has 2 N–H and O–H groups in total. The average molecular weight is 290 g/mol. The van der Waals surface area contributed by atoms with Crippen molar-refractivity contribution >= 4 is 21.8 Å². The molecule has 1 amide bonds. The van der Waals surface area contributed by atoms with Crippen molar-refractivity contribution in [2.45, 2.75) is 0 Å². The number of nitrogens with one attached hydrogen (secondary N) is 1. The number of halogens is 1. The van der Waals surface area contributed by atoms with Gasteiger partial charge in [0.25, 0.3) is 5.91 Å². The lowest BCUT2D eigenvalue weighted by Crippen LogP contribution is -2.25. The highest BCUT2D eigenvalue weighted by Gasteiger charge is 2.11. The van der Waals surface area contributed by atoms with E-state index in [0.717, 1.165) is 0 Å². The third kappa shape index (κ3) is 3.48. The standard InChI is InChI=1S/C10H12BrNO4/c1-15-7-2-3-9(11)8(6-7)10(14)12-16-5-4-13/h2-3,6,13H,4-5H2,1H3,(H,12,14). The fourth-order valence-corrected chi connectivity index (χ4v) is 1.45. The molecule has 1 aromatic carbocycles. The van der Waals surface area contributed by atoms with Crippen LogP contribution in [-0.4, -0.2) is 31.3 Å². The number of carbonyl (C=O) groups is 1. The summed E-state index contributed by atoms with van der Waals surface area (Å²) >= 11 is 3.25. The normalized spacial score (nSPS) is 9.94. The number of rotatable bonds is 5. The molecule has 0 saturated carbocycles. The van der Waals surface area contributed by atoms with Crippen LogP contribution in [-0.2, 0) is 4.84 Å². The maximum absolute atomic E-state index is 11.6. The second-order valence-corrected chi connectivity index (χ2v) is 3.70. The first-order valence-corrected chi connectivity index (χ1v) is 5.35. The van der Waals surface area contributed by atoms with Crippen molar-refractivity contribution in [1.29, 1.82) is 0 Å². The van der Waals surface area contributed by atoms with Crippen molar-refractivity contribution < 1.29 is 19.5 Å². The summed E-state index contributed by atoms with van der Waals surface area (Å²) in [4.78, 5) is 16.3. The van der Waals surface area contributed by atoms with Crippen molar-refractivity contribution in [3.8, 4) is 5.75 Å². The topological polar surface area (TPSA) is 67.8 Å². The number of carbonyl (C=O) groups excluding carboxylic acids is 1. The van der Waals surface area contributed by atoms with Gasteiger partial charge in [0.15, 0.2) is 0 Å². The largest absolute Gasteiger partial charge is 0.497 e. The molecule has 0 aliphatic rings. The number of benzene rings is 1. The van der Waals surface area contributed by atoms with Crippen LogP contribution in [0.2, 0.25) is 0 Å². The second kappa shape index (κ2) is 6.47. The first-order chi connectivity index (χ1) is 7.69. The number of aliphatic hydroxyl groups excluding tert-OH is 1. The van der Waals surface area contributed by atoms with E-state index in [1.807, 2.05) is 0 Å². The zero-order valence-corrected chi connectivity index (χ0v) is 10.3. The number of amides is 1. The molecule has 0 radical (unpaired) electrons. The van der Waals surface area contributed by atoms with E-state index in [4.69, 9.17) is 14.7 Å². The van der Waals surface area contributed by atoms with Gasteiger partial charge in [0.1, 0.15) is 5.75 Å². The van der Waals surface area contributed by atoms with Crippen LogP contribution < -0.4 is 10.2 Å². The Balaban J connectivity index is 2.73. The van der Waals surface area contributed by atoms with Crippen molar-refractivity contribution in [1.82, 2.24) is 5.48 Å². The molecule has 16 heavy (non-hydrogen) atoms. The summed E-state index contributed by atoms with van der Waals surface area (Å²) in [6.45, 7) is -0.104. The van der Waals surface area contributed by atoms with Crippen molar-refractivity contribution in [2.24, 2.45) is 0 Å². The number of ether oxygens (including phenoxy) is 1. The summed E-state index contributed by atoms with van der Waals surface area (Å²) in [5.74, 6) is 0.176. The first kappa shape index (κ1) is 13.0. The molecule has 0 saturated heterocycles. The third-order valence-electron chi connectivity index (χ3n) is 1.78. The molecule has 1 aromatic rings. The maximum atomic E-state index is 11.6. The second-order valence-electron chi connectivity index (χ2n) is 2.85. The highest BCUT2D eigenvalue weighted by molar-refractivity contribution is 9.10. The van der Waals surface area contributed by atoms with Gasteiger partial charge in [-0.2, -0.15) is 0 Å². The Labute approximate surface area is 101 Å². The smallest absolute Gasteiger partial charge is 0.276 e. The van der Waals surface area contributed by atoms with Crippen LogP contribution in [0.15, 0.2) is 22.7 Å². The molecule has 0 heterocycles. The van der Waals surface area contributed by atoms with Crippen LogP contribution in [0.25, 0.3) is 0 Å². The zero-order valence-electron chi connectivity index (χ0n) is 8.70. The highest BCUT2D eigenvalue weighted by Crippen LogP contribution is 2.22. The summed E-state index contributed by atoms with van der Waals surface area (Å²) in [6.07, 6.45) is 0. The van der Waals surface area contributed by atoms with Gasteiger partial charge < -0.3 is 9.84 Å². The van der Waals surface area contributed by atoms with Crippen LogP contribution in [0, 0.1) is 0 Å². The minimum atomic E-state index is -0.403. The molecule has 5 nitrogen and oxygen atoms in total. The molecule has 1 rings (SSSR count). The van der Waals surface area contributed by atoms with Gasteiger partial charge in [-0.3, -0.25) is 9.63 Å². The molecule has 0 unspecified atom stereocenters. The minimum Gasteiger partial charge on any atom is -0.497 e. The summed E-state index contributed by atoms with van der Waals surface area (Å²) in [5, 5.41) is 8.48. The van der Waals surface area contributed by atoms with Gasteiger partial charge in [0.05, 0.1) is 25.9 Å². The van der Waals surface area contributed by atoms with Crippen LogP contribution in [0.3, 0.4) is 0 Å². The number of hydrogen-bond donors (Lipinski definition) is 2. The summed E-state index contributed by atoms with van der Waals surface area (Å²) < 4.78 is 5.64. The van der Waals surface area contributed by atoms with Crippen molar-refractivity contribution in [3.63, 3.8) is 0 Å². The maximum Gasteiger partial charge on any atom is 0.276 e. The molecule has 0 aliphatic heterocycles. The lowest BCUT2D eigenvalue weighted by molar-refractivity contribution is 0.0167. The van der Waals surface area contributed by atoms with Crippen molar-refractivity contribution in [2.75, 3.05) is 20.3 Å². The Morgan fingerprint density at radius 3 is 2.94 bits per heavy atom. The van der Waals surface area contributed by atoms with E-state index in [0.29, 0.717) is 15.8 Å². The quantitative estimate of drug-likeness (QED) is 0.629. The molecule has 0 bridgehead atoms. The Morgan fingerprint density at radius 2 is 2.31 bits per heavy atom. The van der Waals surface area contributed by atoms with Crippen LogP contribution in [0.5, 0.6) is 5.75 Å². The summed E-state index contributed by atoms with van der Waals surface area (Å²) in [6, 6.07) is 5.02. The van der Waals surface area contributed by atoms with E-state index in [1.54, 1.807) is 18.2 Å². The molecule has 0 spiro atoms. The van der Waals surface area contributed by atoms with Crippen LogP contribution >= 0.6 is 15.9 Å². The van der Waals surface area contributed by atoms with Gasteiger partial charge in [-0.05, 0) is 34.1 Å². The predicted octanol–water partition coefficient (Wildman–Crippen LogP) is 1.11. The van der Waals surface area contributed by atoms with E-state index < -0.39 is 5.91 Å². The molecular weight excluding hydrogens is 278 g/mol. The molecule has 88 valence electrons. The predicted molar refractivity (Wildman–Crippen MR) is 61.2 cm³/mol. The molecule has 0 aliphatic carbocycles. The number of hydrogen-bond acceptors (Lipinski definition) is 4. The third-order valence-corrected chi connectivity index (χ3v) is 2.47. The zero-order chi connectivity index (χ0) is 12.0. The minimum absolute atomic E-state index is 0.0489. The number of hydroxylamine groups is 1. The summed E-state index contributed by atoms with van der Waals surface area (Å²) in [5.41, 5.74) is 2.61. The van der Waals surface area contributed by atoms with Gasteiger partial charge in [0.2, 0.25) is 0 Å². The lowest BCUT2D eigenvalue weighted by atomic mass is 10.2. The summed E-state index contributed by atoms with van der Waals surface area (Å²) in [7, 11) is 1.52. The first-order valence-electron chi connectivity index (χ1n) is 4.55. The van der Waals surface area contributed by atoms with E-state index in [1.165, 1.54) is 7.11 Å². The molecule has 0 atom stereocenters. The Morgan fingerprint density at radius 1 is 1.56 bits per heavy atom. The Hall–Kier alpha value is -1.11. The average Bonchev–Trinajstić information content (AvgIpc) is 2.30. The highest BCUT2D eigenvalue weighted by atomic mass is 79.9.